The highest BCUT2D eigenvalue weighted by Crippen LogP contribution is 2.14. The average Bonchev–Trinajstić information content (AvgIpc) is 3.04. The van der Waals surface area contributed by atoms with Crippen molar-refractivity contribution >= 4 is 5.91 Å². The maximum absolute atomic E-state index is 12.5. The van der Waals surface area contributed by atoms with Crippen LogP contribution in [0.4, 0.5) is 0 Å². The molecule has 2 atom stereocenters. The molecule has 0 spiro atoms. The van der Waals surface area contributed by atoms with Crippen LogP contribution in [0.2, 0.25) is 0 Å². The van der Waals surface area contributed by atoms with E-state index in [-0.39, 0.29) is 17.9 Å². The van der Waals surface area contributed by atoms with Gasteiger partial charge in [-0.15, -0.1) is 0 Å². The minimum Gasteiger partial charge on any atom is -0.391 e. The van der Waals surface area contributed by atoms with Crippen molar-refractivity contribution in [3.05, 3.63) is 71.3 Å². The summed E-state index contributed by atoms with van der Waals surface area (Å²) >= 11 is 0. The van der Waals surface area contributed by atoms with Crippen LogP contribution in [-0.4, -0.2) is 36.8 Å². The van der Waals surface area contributed by atoms with Gasteiger partial charge in [0.25, 0.3) is 5.91 Å². The van der Waals surface area contributed by atoms with Gasteiger partial charge in [0.15, 0.2) is 0 Å². The van der Waals surface area contributed by atoms with Crippen LogP contribution in [0.1, 0.15) is 21.5 Å². The maximum Gasteiger partial charge on any atom is 0.251 e. The summed E-state index contributed by atoms with van der Waals surface area (Å²) in [6, 6.07) is 18.1. The van der Waals surface area contributed by atoms with Crippen LogP contribution in [0, 0.1) is 5.92 Å². The fourth-order valence-electron chi connectivity index (χ4n) is 3.13. The Balaban J connectivity index is 1.61. The molecule has 2 unspecified atom stereocenters. The van der Waals surface area contributed by atoms with Crippen molar-refractivity contribution in [2.75, 3.05) is 19.6 Å². The van der Waals surface area contributed by atoms with Crippen molar-refractivity contribution in [1.29, 1.82) is 0 Å². The Bertz CT molecular complexity index is 672. The van der Waals surface area contributed by atoms with Gasteiger partial charge in [0.1, 0.15) is 0 Å². The van der Waals surface area contributed by atoms with Gasteiger partial charge in [-0.25, -0.2) is 0 Å². The molecule has 2 aromatic rings. The number of amides is 1. The first-order valence-corrected chi connectivity index (χ1v) is 8.53. The molecule has 4 nitrogen and oxygen atoms in total. The van der Waals surface area contributed by atoms with Gasteiger partial charge in [0, 0.05) is 31.1 Å². The lowest BCUT2D eigenvalue weighted by molar-refractivity contribution is 0.0926. The van der Waals surface area contributed by atoms with Crippen molar-refractivity contribution in [3.63, 3.8) is 0 Å². The minimum atomic E-state index is -0.376. The Kier molecular flexibility index (Phi) is 5.62. The molecule has 1 fully saturated rings. The van der Waals surface area contributed by atoms with Crippen molar-refractivity contribution in [1.82, 2.24) is 10.6 Å². The number of carbonyl (C=O) groups excluding carboxylic acids is 1. The summed E-state index contributed by atoms with van der Waals surface area (Å²) in [6.07, 6.45) is 1.37. The lowest BCUT2D eigenvalue weighted by atomic mass is 9.99. The van der Waals surface area contributed by atoms with E-state index >= 15 is 0 Å². The molecule has 2 aromatic carbocycles. The van der Waals surface area contributed by atoms with Crippen LogP contribution in [0.5, 0.6) is 0 Å². The minimum absolute atomic E-state index is 0.0576. The summed E-state index contributed by atoms with van der Waals surface area (Å²) in [4.78, 5) is 12.5. The molecule has 0 aliphatic carbocycles. The van der Waals surface area contributed by atoms with Gasteiger partial charge in [-0.05, 0) is 30.0 Å². The molecule has 0 bridgehead atoms. The number of hydrogen-bond acceptors (Lipinski definition) is 3. The van der Waals surface area contributed by atoms with E-state index < -0.39 is 0 Å². The van der Waals surface area contributed by atoms with Crippen LogP contribution in [0.3, 0.4) is 0 Å². The number of aliphatic hydroxyl groups is 1. The predicted octanol–water partition coefficient (Wildman–Crippen LogP) is 1.78. The Morgan fingerprint density at radius 1 is 1.04 bits per heavy atom. The average molecular weight is 324 g/mol. The molecule has 0 aromatic heterocycles. The summed E-state index contributed by atoms with van der Waals surface area (Å²) in [7, 11) is 0. The summed E-state index contributed by atoms with van der Waals surface area (Å²) in [5.41, 5.74) is 3.06. The lowest BCUT2D eigenvalue weighted by Gasteiger charge is -2.15. The van der Waals surface area contributed by atoms with Crippen LogP contribution in [0.25, 0.3) is 0 Å². The van der Waals surface area contributed by atoms with Gasteiger partial charge in [0.05, 0.1) is 6.10 Å². The van der Waals surface area contributed by atoms with E-state index in [1.165, 1.54) is 5.56 Å². The molecule has 1 saturated heterocycles. The van der Waals surface area contributed by atoms with Crippen LogP contribution in [0.15, 0.2) is 54.6 Å². The molecule has 3 N–H and O–H groups in total. The summed E-state index contributed by atoms with van der Waals surface area (Å²) < 4.78 is 0. The SMILES string of the molecule is O=C(NCC1CNCC1O)c1ccccc1CCc1ccccc1. The lowest BCUT2D eigenvalue weighted by Crippen LogP contribution is -2.34. The number of rotatable bonds is 6. The van der Waals surface area contributed by atoms with Gasteiger partial charge < -0.3 is 15.7 Å². The van der Waals surface area contributed by atoms with E-state index in [4.69, 9.17) is 0 Å². The van der Waals surface area contributed by atoms with Crippen LogP contribution >= 0.6 is 0 Å². The normalized spacial score (nSPS) is 20.0. The molecule has 1 heterocycles. The van der Waals surface area contributed by atoms with E-state index in [0.29, 0.717) is 13.1 Å². The number of hydrogen-bond donors (Lipinski definition) is 3. The van der Waals surface area contributed by atoms with Crippen molar-refractivity contribution in [3.8, 4) is 0 Å². The van der Waals surface area contributed by atoms with Crippen LogP contribution < -0.4 is 10.6 Å². The van der Waals surface area contributed by atoms with E-state index in [9.17, 15) is 9.90 Å². The van der Waals surface area contributed by atoms with E-state index in [1.54, 1.807) is 0 Å². The van der Waals surface area contributed by atoms with E-state index in [1.807, 2.05) is 42.5 Å². The van der Waals surface area contributed by atoms with Gasteiger partial charge in [-0.1, -0.05) is 48.5 Å². The second kappa shape index (κ2) is 8.08. The molecule has 4 heteroatoms. The summed E-state index contributed by atoms with van der Waals surface area (Å²) in [5.74, 6) is 0.0307. The molecule has 0 radical (unpaired) electrons. The smallest absolute Gasteiger partial charge is 0.251 e. The Hall–Kier alpha value is -2.17. The number of nitrogens with one attached hydrogen (secondary N) is 2. The van der Waals surface area contributed by atoms with E-state index in [2.05, 4.69) is 22.8 Å². The monoisotopic (exact) mass is 324 g/mol. The Morgan fingerprint density at radius 3 is 2.54 bits per heavy atom. The predicted molar refractivity (Wildman–Crippen MR) is 95.0 cm³/mol. The number of carbonyl (C=O) groups is 1. The number of benzene rings is 2. The van der Waals surface area contributed by atoms with E-state index in [0.717, 1.165) is 30.5 Å². The van der Waals surface area contributed by atoms with Gasteiger partial charge in [-0.2, -0.15) is 0 Å². The largest absolute Gasteiger partial charge is 0.391 e. The first kappa shape index (κ1) is 16.7. The molecule has 1 aliphatic rings. The summed E-state index contributed by atoms with van der Waals surface area (Å²) in [5, 5.41) is 15.9. The Morgan fingerprint density at radius 2 is 1.79 bits per heavy atom. The van der Waals surface area contributed by atoms with Gasteiger partial charge in [-0.3, -0.25) is 4.79 Å². The molecule has 1 aliphatic heterocycles. The molecular formula is C20H24N2O2. The highest BCUT2D eigenvalue weighted by molar-refractivity contribution is 5.95. The third-order valence-corrected chi connectivity index (χ3v) is 4.62. The Labute approximate surface area is 142 Å². The maximum atomic E-state index is 12.5. The third kappa shape index (κ3) is 4.22. The zero-order chi connectivity index (χ0) is 16.8. The topological polar surface area (TPSA) is 61.4 Å². The molecule has 1 amide bonds. The zero-order valence-electron chi connectivity index (χ0n) is 13.7. The number of aryl methyl sites for hydroxylation is 2. The fraction of sp³-hybridized carbons (Fsp3) is 0.350. The fourth-order valence-corrected chi connectivity index (χ4v) is 3.13. The number of aliphatic hydroxyl groups excluding tert-OH is 1. The molecule has 24 heavy (non-hydrogen) atoms. The summed E-state index contributed by atoms with van der Waals surface area (Å²) in [6.45, 7) is 1.85. The van der Waals surface area contributed by atoms with Crippen molar-refractivity contribution in [2.24, 2.45) is 5.92 Å². The zero-order valence-corrected chi connectivity index (χ0v) is 13.7. The highest BCUT2D eigenvalue weighted by Gasteiger charge is 2.25. The first-order valence-electron chi connectivity index (χ1n) is 8.53. The molecular weight excluding hydrogens is 300 g/mol. The third-order valence-electron chi connectivity index (χ3n) is 4.62. The van der Waals surface area contributed by atoms with Gasteiger partial charge in [0.2, 0.25) is 0 Å². The van der Waals surface area contributed by atoms with Crippen LogP contribution in [-0.2, 0) is 12.8 Å². The van der Waals surface area contributed by atoms with Crippen molar-refractivity contribution < 1.29 is 9.90 Å². The molecule has 0 saturated carbocycles. The van der Waals surface area contributed by atoms with Crippen molar-refractivity contribution in [2.45, 2.75) is 18.9 Å². The molecule has 3 rings (SSSR count). The highest BCUT2D eigenvalue weighted by atomic mass is 16.3. The second-order valence-corrected chi connectivity index (χ2v) is 6.34. The quantitative estimate of drug-likeness (QED) is 0.759. The standard InChI is InChI=1S/C20H24N2O2/c23-19-14-21-12-17(19)13-22-20(24)18-9-5-4-8-16(18)11-10-15-6-2-1-3-7-15/h1-9,17,19,21,23H,10-14H2,(H,22,24). The number of β-amino-alcohol motifs (C(OH)–C–C–N with tert-alkyl or cyclic N) is 1. The second-order valence-electron chi connectivity index (χ2n) is 6.34. The van der Waals surface area contributed by atoms with Gasteiger partial charge >= 0.3 is 0 Å². The molecule has 126 valence electrons. The first-order chi connectivity index (χ1) is 11.7.